The first-order valence-electron chi connectivity index (χ1n) is 5.57. The van der Waals surface area contributed by atoms with Crippen molar-refractivity contribution in [1.29, 1.82) is 0 Å². The van der Waals surface area contributed by atoms with Crippen LogP contribution in [0.1, 0.15) is 33.1 Å². The van der Waals surface area contributed by atoms with Crippen LogP contribution in [0.15, 0.2) is 0 Å². The van der Waals surface area contributed by atoms with E-state index in [1.54, 1.807) is 0 Å². The van der Waals surface area contributed by atoms with Crippen LogP contribution in [0, 0.1) is 5.92 Å². The number of carbonyl (C=O) groups excluding carboxylic acids is 2. The van der Waals surface area contributed by atoms with Crippen LogP contribution in [0.4, 0.5) is 0 Å². The normalized spacial score (nSPS) is 12.3. The van der Waals surface area contributed by atoms with Gasteiger partial charge < -0.3 is 15.8 Å². The molecule has 3 N–H and O–H groups in total. The van der Waals surface area contributed by atoms with Gasteiger partial charge in [0.1, 0.15) is 0 Å². The van der Waals surface area contributed by atoms with Crippen LogP contribution in [0.2, 0.25) is 0 Å². The van der Waals surface area contributed by atoms with Crippen molar-refractivity contribution < 1.29 is 14.3 Å². The predicted molar refractivity (Wildman–Crippen MR) is 61.7 cm³/mol. The van der Waals surface area contributed by atoms with E-state index in [2.05, 4.69) is 10.1 Å². The fourth-order valence-corrected chi connectivity index (χ4v) is 1.29. The third kappa shape index (κ3) is 7.23. The maximum absolute atomic E-state index is 11.4. The molecule has 94 valence electrons. The lowest BCUT2D eigenvalue weighted by molar-refractivity contribution is -0.140. The predicted octanol–water partition coefficient (Wildman–Crippen LogP) is 0.429. The van der Waals surface area contributed by atoms with Gasteiger partial charge in [0.25, 0.3) is 0 Å². The number of hydrogen-bond donors (Lipinski definition) is 2. The second kappa shape index (κ2) is 8.10. The molecule has 5 heteroatoms. The van der Waals surface area contributed by atoms with Gasteiger partial charge in [-0.2, -0.15) is 0 Å². The van der Waals surface area contributed by atoms with Gasteiger partial charge in [0, 0.05) is 13.0 Å². The van der Waals surface area contributed by atoms with E-state index >= 15 is 0 Å². The van der Waals surface area contributed by atoms with Crippen molar-refractivity contribution in [3.63, 3.8) is 0 Å². The lowest BCUT2D eigenvalue weighted by Gasteiger charge is -2.13. The van der Waals surface area contributed by atoms with Crippen LogP contribution in [0.3, 0.4) is 0 Å². The van der Waals surface area contributed by atoms with Gasteiger partial charge in [-0.25, -0.2) is 0 Å². The first-order chi connectivity index (χ1) is 7.47. The minimum atomic E-state index is -0.460. The first kappa shape index (κ1) is 14.9. The molecule has 0 aliphatic rings. The molecule has 0 aromatic rings. The Morgan fingerprint density at radius 1 is 1.38 bits per heavy atom. The number of nitrogens with two attached hydrogens (primary N) is 1. The van der Waals surface area contributed by atoms with Gasteiger partial charge in [-0.1, -0.05) is 13.8 Å². The molecule has 0 saturated carbocycles. The van der Waals surface area contributed by atoms with E-state index in [9.17, 15) is 9.59 Å². The molecule has 0 bridgehead atoms. The minimum absolute atomic E-state index is 0.154. The SMILES string of the molecule is COC(=O)CCCNC(=O)C(N)CC(C)C. The molecule has 0 aromatic heterocycles. The molecule has 0 saturated heterocycles. The van der Waals surface area contributed by atoms with Gasteiger partial charge in [0.2, 0.25) is 5.91 Å². The molecule has 0 aromatic carbocycles. The summed E-state index contributed by atoms with van der Waals surface area (Å²) in [5.74, 6) is -0.0184. The van der Waals surface area contributed by atoms with Crippen LogP contribution in [-0.2, 0) is 14.3 Å². The zero-order chi connectivity index (χ0) is 12.6. The molecule has 0 heterocycles. The second-order valence-electron chi connectivity index (χ2n) is 4.21. The Hall–Kier alpha value is -1.10. The van der Waals surface area contributed by atoms with Crippen molar-refractivity contribution in [2.24, 2.45) is 11.7 Å². The summed E-state index contributed by atoms with van der Waals surface area (Å²) in [5, 5.41) is 2.70. The molecule has 0 fully saturated rings. The Morgan fingerprint density at radius 3 is 2.50 bits per heavy atom. The molecule has 0 radical (unpaired) electrons. The molecule has 0 aliphatic heterocycles. The van der Waals surface area contributed by atoms with Gasteiger partial charge in [0.05, 0.1) is 13.2 Å². The number of nitrogens with one attached hydrogen (secondary N) is 1. The maximum Gasteiger partial charge on any atom is 0.305 e. The van der Waals surface area contributed by atoms with Crippen molar-refractivity contribution in [3.05, 3.63) is 0 Å². The number of amides is 1. The second-order valence-corrected chi connectivity index (χ2v) is 4.21. The number of hydrogen-bond acceptors (Lipinski definition) is 4. The molecule has 0 spiro atoms. The van der Waals surface area contributed by atoms with Crippen LogP contribution in [0.5, 0.6) is 0 Å². The molecule has 1 atom stereocenters. The summed E-state index contributed by atoms with van der Waals surface area (Å²) >= 11 is 0. The fourth-order valence-electron chi connectivity index (χ4n) is 1.29. The Morgan fingerprint density at radius 2 is 2.00 bits per heavy atom. The van der Waals surface area contributed by atoms with Gasteiger partial charge in [-0.3, -0.25) is 9.59 Å². The molecule has 0 rings (SSSR count). The number of esters is 1. The van der Waals surface area contributed by atoms with Crippen molar-refractivity contribution >= 4 is 11.9 Å². The number of methoxy groups -OCH3 is 1. The van der Waals surface area contributed by atoms with E-state index in [4.69, 9.17) is 5.73 Å². The summed E-state index contributed by atoms with van der Waals surface area (Å²) in [6.07, 6.45) is 1.56. The summed E-state index contributed by atoms with van der Waals surface area (Å²) in [6.45, 7) is 4.49. The lowest BCUT2D eigenvalue weighted by Crippen LogP contribution is -2.41. The summed E-state index contributed by atoms with van der Waals surface area (Å²) in [7, 11) is 1.35. The molecule has 1 amide bonds. The van der Waals surface area contributed by atoms with Crippen LogP contribution in [0.25, 0.3) is 0 Å². The van der Waals surface area contributed by atoms with Gasteiger partial charge in [0.15, 0.2) is 0 Å². The quantitative estimate of drug-likeness (QED) is 0.491. The monoisotopic (exact) mass is 230 g/mol. The highest BCUT2D eigenvalue weighted by atomic mass is 16.5. The van der Waals surface area contributed by atoms with Crippen LogP contribution >= 0.6 is 0 Å². The van der Waals surface area contributed by atoms with Crippen molar-refractivity contribution in [3.8, 4) is 0 Å². The third-order valence-electron chi connectivity index (χ3n) is 2.15. The van der Waals surface area contributed by atoms with Crippen molar-refractivity contribution in [2.45, 2.75) is 39.2 Å². The summed E-state index contributed by atoms with van der Waals surface area (Å²) in [6, 6.07) is -0.460. The highest BCUT2D eigenvalue weighted by molar-refractivity contribution is 5.81. The summed E-state index contributed by atoms with van der Waals surface area (Å²) < 4.78 is 4.48. The zero-order valence-electron chi connectivity index (χ0n) is 10.3. The third-order valence-corrected chi connectivity index (χ3v) is 2.15. The molecular weight excluding hydrogens is 208 g/mol. The average Bonchev–Trinajstić information content (AvgIpc) is 2.22. The van der Waals surface area contributed by atoms with Crippen LogP contribution in [-0.4, -0.2) is 31.6 Å². The maximum atomic E-state index is 11.4. The van der Waals surface area contributed by atoms with E-state index in [1.165, 1.54) is 7.11 Å². The zero-order valence-corrected chi connectivity index (χ0v) is 10.3. The fraction of sp³-hybridized carbons (Fsp3) is 0.818. The van der Waals surface area contributed by atoms with E-state index in [0.29, 0.717) is 31.7 Å². The number of rotatable bonds is 7. The Labute approximate surface area is 96.7 Å². The van der Waals surface area contributed by atoms with E-state index in [1.807, 2.05) is 13.8 Å². The summed E-state index contributed by atoms with van der Waals surface area (Å²) in [4.78, 5) is 22.2. The average molecular weight is 230 g/mol. The molecule has 16 heavy (non-hydrogen) atoms. The Balaban J connectivity index is 3.61. The largest absolute Gasteiger partial charge is 0.469 e. The van der Waals surface area contributed by atoms with Gasteiger partial charge >= 0.3 is 5.97 Å². The highest BCUT2D eigenvalue weighted by Gasteiger charge is 2.14. The lowest BCUT2D eigenvalue weighted by atomic mass is 10.0. The molecular formula is C11H22N2O3. The highest BCUT2D eigenvalue weighted by Crippen LogP contribution is 2.02. The van der Waals surface area contributed by atoms with E-state index in [-0.39, 0.29) is 11.9 Å². The minimum Gasteiger partial charge on any atom is -0.469 e. The van der Waals surface area contributed by atoms with Crippen LogP contribution < -0.4 is 11.1 Å². The standard InChI is InChI=1S/C11H22N2O3/c1-8(2)7-9(12)11(15)13-6-4-5-10(14)16-3/h8-9H,4-7,12H2,1-3H3,(H,13,15). The number of carbonyl (C=O) groups is 2. The van der Waals surface area contributed by atoms with E-state index < -0.39 is 6.04 Å². The van der Waals surface area contributed by atoms with E-state index in [0.717, 1.165) is 0 Å². The van der Waals surface area contributed by atoms with Gasteiger partial charge in [-0.15, -0.1) is 0 Å². The molecule has 0 aliphatic carbocycles. The summed E-state index contributed by atoms with van der Waals surface area (Å²) in [5.41, 5.74) is 5.68. The Kier molecular flexibility index (Phi) is 7.54. The molecule has 5 nitrogen and oxygen atoms in total. The van der Waals surface area contributed by atoms with Crippen molar-refractivity contribution in [2.75, 3.05) is 13.7 Å². The smallest absolute Gasteiger partial charge is 0.305 e. The topological polar surface area (TPSA) is 81.4 Å². The van der Waals surface area contributed by atoms with Gasteiger partial charge in [-0.05, 0) is 18.8 Å². The van der Waals surface area contributed by atoms with Crippen molar-refractivity contribution in [1.82, 2.24) is 5.32 Å². The first-order valence-corrected chi connectivity index (χ1v) is 5.57. The Bertz CT molecular complexity index is 229. The molecule has 1 unspecified atom stereocenters. The number of ether oxygens (including phenoxy) is 1.